The number of hydrogen-bond acceptors (Lipinski definition) is 12. The second-order valence-electron chi connectivity index (χ2n) is 13.3. The second-order valence-corrected chi connectivity index (χ2v) is 15.4. The quantitative estimate of drug-likeness (QED) is 0.159. The van der Waals surface area contributed by atoms with Crippen LogP contribution in [0.15, 0.2) is 30.5 Å². The molecule has 0 saturated carbocycles. The Balaban J connectivity index is 0.000000318. The Morgan fingerprint density at radius 2 is 1.93 bits per heavy atom. The first-order valence-electron chi connectivity index (χ1n) is 17.9. The summed E-state index contributed by atoms with van der Waals surface area (Å²) in [4.78, 5) is 16.3. The molecule has 8 rings (SSSR count). The minimum Gasteiger partial charge on any atom is -0.490 e. The summed E-state index contributed by atoms with van der Waals surface area (Å²) in [7, 11) is 1.23. The fourth-order valence-corrected chi connectivity index (χ4v) is 8.66. The molecule has 3 aromatic heterocycles. The monoisotopic (exact) mass is 818 g/mol. The van der Waals surface area contributed by atoms with Gasteiger partial charge in [-0.3, -0.25) is 4.90 Å². The van der Waals surface area contributed by atoms with Crippen LogP contribution in [0.2, 0.25) is 0 Å². The summed E-state index contributed by atoms with van der Waals surface area (Å²) in [5.41, 5.74) is 8.81. The molecule has 2 unspecified atom stereocenters. The Bertz CT molecular complexity index is 2250. The molecule has 5 aromatic rings. The van der Waals surface area contributed by atoms with Crippen LogP contribution in [-0.2, 0) is 12.7 Å². The van der Waals surface area contributed by atoms with Crippen molar-refractivity contribution in [2.45, 2.75) is 57.5 Å². The number of halogens is 6. The van der Waals surface area contributed by atoms with Crippen molar-refractivity contribution in [2.24, 2.45) is 0 Å². The van der Waals surface area contributed by atoms with Gasteiger partial charge in [0.25, 0.3) is 0 Å². The molecular formula is C38H40F6N8O2S2. The molecule has 298 valence electrons. The van der Waals surface area contributed by atoms with Crippen LogP contribution in [0, 0.1) is 23.0 Å². The van der Waals surface area contributed by atoms with E-state index in [2.05, 4.69) is 33.0 Å². The van der Waals surface area contributed by atoms with Crippen LogP contribution in [0.1, 0.15) is 49.3 Å². The minimum absolute atomic E-state index is 0.0347. The number of thioether (sulfide) groups is 1. The number of pyridine rings is 1. The van der Waals surface area contributed by atoms with E-state index < -0.39 is 51.9 Å². The number of nitrogen functional groups attached to an aromatic ring is 2. The van der Waals surface area contributed by atoms with E-state index in [-0.39, 0.29) is 63.4 Å². The number of nitrogens with zero attached hydrogens (tertiary/aromatic N) is 6. The van der Waals surface area contributed by atoms with Gasteiger partial charge in [-0.15, -0.1) is 11.3 Å². The van der Waals surface area contributed by atoms with Gasteiger partial charge in [0, 0.05) is 41.8 Å². The summed E-state index contributed by atoms with van der Waals surface area (Å²) >= 11 is 2.58. The molecule has 0 spiro atoms. The topological polar surface area (TPSA) is 139 Å². The van der Waals surface area contributed by atoms with Gasteiger partial charge in [-0.25, -0.2) is 18.2 Å². The number of nitrogens with two attached hydrogens (primary N) is 2. The van der Waals surface area contributed by atoms with E-state index in [1.54, 1.807) is 23.1 Å². The Kier molecular flexibility index (Phi) is 12.6. The number of alkyl halides is 4. The molecule has 18 heteroatoms. The molecular weight excluding hydrogens is 779 g/mol. The van der Waals surface area contributed by atoms with Crippen LogP contribution in [-0.4, -0.2) is 77.4 Å². The molecule has 0 amide bonds. The van der Waals surface area contributed by atoms with Gasteiger partial charge >= 0.3 is 12.2 Å². The highest BCUT2D eigenvalue weighted by atomic mass is 32.2. The Hall–Kier alpha value is -4.73. The van der Waals surface area contributed by atoms with Crippen molar-refractivity contribution in [1.82, 2.24) is 19.9 Å². The number of hydrogen-bond donors (Lipinski definition) is 2. The van der Waals surface area contributed by atoms with Crippen LogP contribution in [0.25, 0.3) is 32.1 Å². The lowest BCUT2D eigenvalue weighted by Gasteiger charge is -2.24. The highest BCUT2D eigenvalue weighted by molar-refractivity contribution is 7.98. The van der Waals surface area contributed by atoms with E-state index >= 15 is 4.39 Å². The van der Waals surface area contributed by atoms with Gasteiger partial charge in [0.15, 0.2) is 5.82 Å². The minimum atomic E-state index is -5.17. The lowest BCUT2D eigenvalue weighted by molar-refractivity contribution is -0.138. The first kappa shape index (κ1) is 40.9. The van der Waals surface area contributed by atoms with Gasteiger partial charge in [0.1, 0.15) is 58.1 Å². The second kappa shape index (κ2) is 17.2. The third-order valence-electron chi connectivity index (χ3n) is 9.73. The molecule has 6 heterocycles. The van der Waals surface area contributed by atoms with E-state index in [1.165, 1.54) is 38.3 Å². The van der Waals surface area contributed by atoms with Gasteiger partial charge in [-0.05, 0) is 61.9 Å². The fraction of sp³-hybridized carbons (Fsp3) is 0.421. The van der Waals surface area contributed by atoms with E-state index in [1.807, 2.05) is 11.8 Å². The van der Waals surface area contributed by atoms with E-state index in [0.717, 1.165) is 25.1 Å². The largest absolute Gasteiger partial charge is 0.490 e. The number of aromatic nitrogens is 3. The Morgan fingerprint density at radius 3 is 2.57 bits per heavy atom. The summed E-state index contributed by atoms with van der Waals surface area (Å²) in [6.45, 7) is 3.88. The number of ether oxygens (including phenoxy) is 2. The fourth-order valence-electron chi connectivity index (χ4n) is 7.30. The third-order valence-corrected chi connectivity index (χ3v) is 11.6. The van der Waals surface area contributed by atoms with Crippen molar-refractivity contribution in [3.8, 4) is 29.0 Å². The first-order valence-corrected chi connectivity index (χ1v) is 20.1. The lowest BCUT2D eigenvalue weighted by Crippen LogP contribution is -2.28. The molecule has 10 nitrogen and oxygen atoms in total. The zero-order valence-electron chi connectivity index (χ0n) is 30.9. The summed E-state index contributed by atoms with van der Waals surface area (Å²) in [5, 5.41) is 9.00. The molecule has 0 radical (unpaired) electrons. The predicted molar refractivity (Wildman–Crippen MR) is 209 cm³/mol. The highest BCUT2D eigenvalue weighted by Crippen LogP contribution is 2.53. The maximum Gasteiger partial charge on any atom is 0.420 e. The number of anilines is 3. The summed E-state index contributed by atoms with van der Waals surface area (Å²) < 4.78 is 99.6. The molecule has 4 N–H and O–H groups in total. The SMILES string of the molecule is CCCSC.COc1nc2c3c(c(C(F)(F)F)c(-c4ccc(F)c5sc(N)c(C#N)c45)c(F)c3n1)OCCN2Cc1cccnc1N.FC1CC2CCCN2C1. The number of benzene rings is 2. The Morgan fingerprint density at radius 1 is 1.14 bits per heavy atom. The van der Waals surface area contributed by atoms with Crippen molar-refractivity contribution in [3.05, 3.63) is 58.8 Å². The maximum atomic E-state index is 16.6. The summed E-state index contributed by atoms with van der Waals surface area (Å²) in [6, 6.07) is 7.29. The number of methoxy groups -OCH3 is 1. The average Bonchev–Trinajstić information content (AvgIpc) is 3.82. The van der Waals surface area contributed by atoms with Gasteiger partial charge < -0.3 is 25.8 Å². The van der Waals surface area contributed by atoms with Crippen molar-refractivity contribution in [2.75, 3.05) is 61.7 Å². The molecule has 2 atom stereocenters. The van der Waals surface area contributed by atoms with Crippen molar-refractivity contribution in [3.63, 3.8) is 0 Å². The summed E-state index contributed by atoms with van der Waals surface area (Å²) in [5.74, 6) is -1.51. The van der Waals surface area contributed by atoms with Gasteiger partial charge in [-0.1, -0.05) is 19.1 Å². The predicted octanol–water partition coefficient (Wildman–Crippen LogP) is 8.60. The van der Waals surface area contributed by atoms with Crippen LogP contribution < -0.4 is 25.8 Å². The first-order chi connectivity index (χ1) is 26.8. The molecule has 56 heavy (non-hydrogen) atoms. The molecule has 0 bridgehead atoms. The van der Waals surface area contributed by atoms with Crippen molar-refractivity contribution < 1.29 is 35.8 Å². The molecule has 3 aliphatic rings. The normalized spacial score (nSPS) is 17.7. The van der Waals surface area contributed by atoms with Crippen LogP contribution in [0.3, 0.4) is 0 Å². The molecule has 2 fully saturated rings. The number of rotatable bonds is 6. The smallest absolute Gasteiger partial charge is 0.420 e. The molecule has 2 saturated heterocycles. The van der Waals surface area contributed by atoms with Gasteiger partial charge in [0.2, 0.25) is 0 Å². The van der Waals surface area contributed by atoms with Crippen LogP contribution >= 0.6 is 23.1 Å². The molecule has 0 aliphatic carbocycles. The van der Waals surface area contributed by atoms with E-state index in [9.17, 15) is 27.2 Å². The maximum absolute atomic E-state index is 16.6. The average molecular weight is 819 g/mol. The van der Waals surface area contributed by atoms with Crippen LogP contribution in [0.5, 0.6) is 11.8 Å². The van der Waals surface area contributed by atoms with Crippen molar-refractivity contribution >= 4 is 60.7 Å². The van der Waals surface area contributed by atoms with Crippen LogP contribution in [0.4, 0.5) is 43.0 Å². The third kappa shape index (κ3) is 8.07. The highest BCUT2D eigenvalue weighted by Gasteiger charge is 2.44. The molecule has 3 aliphatic heterocycles. The Labute approximate surface area is 327 Å². The van der Waals surface area contributed by atoms with Gasteiger partial charge in [0.05, 0.1) is 29.3 Å². The van der Waals surface area contributed by atoms with E-state index in [4.69, 9.17) is 20.9 Å². The number of nitriles is 1. The molecule has 2 aromatic carbocycles. The van der Waals surface area contributed by atoms with Crippen molar-refractivity contribution in [1.29, 1.82) is 5.26 Å². The van der Waals surface area contributed by atoms with E-state index in [0.29, 0.717) is 29.5 Å². The standard InChI is InChI=1S/C27H18F5N7O2S.C7H12FN.C4H10S/c1-40-26-37-20-17-21(41-8-7-39(25(17)38-26)10-11-3-2-6-36-23(11)34)18(27(30,31)32)16(19(20)29)12-4-5-14(28)22-15(12)13(9-33)24(35)42-22;8-6-4-7-2-1-3-9(7)5-6;1-3-4-5-2/h2-6H,7-8,10,35H2,1H3,(H2,34,36);6-7H,1-5H2;3-4H2,1-2H3. The summed E-state index contributed by atoms with van der Waals surface area (Å²) in [6.07, 6.45) is 2.57. The number of fused-ring (bicyclic) bond motifs is 2. The lowest BCUT2D eigenvalue weighted by atomic mass is 9.91. The number of thiophene rings is 1. The van der Waals surface area contributed by atoms with Gasteiger partial charge in [-0.2, -0.15) is 40.2 Å². The zero-order chi connectivity index (χ0) is 40.3. The zero-order valence-corrected chi connectivity index (χ0v) is 32.5.